The maximum absolute atomic E-state index is 12.4. The van der Waals surface area contributed by atoms with Gasteiger partial charge >= 0.3 is 17.9 Å². The van der Waals surface area contributed by atoms with Crippen LogP contribution in [0, 0.1) is 22.7 Å². The molecule has 0 rings (SSSR count). The van der Waals surface area contributed by atoms with E-state index < -0.39 is 23.3 Å². The first-order valence-corrected chi connectivity index (χ1v) is 14.0. The number of hydrogen-bond acceptors (Lipinski definition) is 6. The van der Waals surface area contributed by atoms with Crippen LogP contribution in [0.4, 0.5) is 0 Å². The van der Waals surface area contributed by atoms with Crippen LogP contribution in [0.15, 0.2) is 0 Å². The second-order valence-corrected chi connectivity index (χ2v) is 11.0. The molecule has 6 heteroatoms. The van der Waals surface area contributed by atoms with E-state index in [1.807, 2.05) is 20.8 Å². The standard InChI is InChI=1S/C29H54O6/c1-9-23(25(30)33-10-2)28(5,6)21-19-17-15-13-14-16-18-20-22-29(7,8)24(26(31)34-11-3)27(32)35-12-4/h23-24H,9-22H2,1-8H3. The van der Waals surface area contributed by atoms with Gasteiger partial charge in [-0.15, -0.1) is 0 Å². The highest BCUT2D eigenvalue weighted by Gasteiger charge is 2.42. The zero-order valence-electron chi connectivity index (χ0n) is 24.0. The maximum atomic E-state index is 12.4. The molecule has 206 valence electrons. The van der Waals surface area contributed by atoms with Crippen LogP contribution in [-0.4, -0.2) is 37.7 Å². The third-order valence-electron chi connectivity index (χ3n) is 7.14. The molecular weight excluding hydrogens is 444 g/mol. The van der Waals surface area contributed by atoms with Crippen molar-refractivity contribution in [1.82, 2.24) is 0 Å². The van der Waals surface area contributed by atoms with E-state index in [-0.39, 0.29) is 30.5 Å². The van der Waals surface area contributed by atoms with Crippen molar-refractivity contribution in [2.24, 2.45) is 22.7 Å². The summed E-state index contributed by atoms with van der Waals surface area (Å²) in [5.74, 6) is -1.92. The van der Waals surface area contributed by atoms with Crippen molar-refractivity contribution in [3.05, 3.63) is 0 Å². The van der Waals surface area contributed by atoms with E-state index in [0.29, 0.717) is 6.61 Å². The summed E-state index contributed by atoms with van der Waals surface area (Å²) in [5, 5.41) is 0. The van der Waals surface area contributed by atoms with Gasteiger partial charge in [-0.25, -0.2) is 0 Å². The van der Waals surface area contributed by atoms with Crippen molar-refractivity contribution >= 4 is 17.9 Å². The number of esters is 3. The normalized spacial score (nSPS) is 12.9. The molecule has 0 spiro atoms. The molecule has 0 aliphatic carbocycles. The lowest BCUT2D eigenvalue weighted by molar-refractivity contribution is -0.167. The Kier molecular flexibility index (Phi) is 17.0. The molecule has 0 heterocycles. The average Bonchev–Trinajstić information content (AvgIpc) is 2.75. The molecule has 0 saturated carbocycles. The number of hydrogen-bond donors (Lipinski definition) is 0. The number of ether oxygens (including phenoxy) is 3. The molecule has 0 aromatic heterocycles. The Morgan fingerprint density at radius 2 is 0.886 bits per heavy atom. The molecule has 0 aromatic rings. The Balaban J connectivity index is 4.24. The smallest absolute Gasteiger partial charge is 0.320 e. The summed E-state index contributed by atoms with van der Waals surface area (Å²) in [6.07, 6.45) is 11.8. The molecule has 0 bridgehead atoms. The first-order valence-electron chi connectivity index (χ1n) is 14.0. The molecule has 1 unspecified atom stereocenters. The van der Waals surface area contributed by atoms with Gasteiger partial charge in [0.15, 0.2) is 5.92 Å². The highest BCUT2D eigenvalue weighted by Crippen LogP contribution is 2.36. The van der Waals surface area contributed by atoms with Crippen LogP contribution in [0.5, 0.6) is 0 Å². The Morgan fingerprint density at radius 1 is 0.543 bits per heavy atom. The van der Waals surface area contributed by atoms with E-state index in [1.165, 1.54) is 25.7 Å². The van der Waals surface area contributed by atoms with Gasteiger partial charge in [0.1, 0.15) is 0 Å². The predicted molar refractivity (Wildman–Crippen MR) is 141 cm³/mol. The van der Waals surface area contributed by atoms with Gasteiger partial charge in [-0.05, 0) is 50.9 Å². The van der Waals surface area contributed by atoms with Gasteiger partial charge in [-0.3, -0.25) is 14.4 Å². The SMILES string of the molecule is CCOC(=O)C(CC)C(C)(C)CCCCCCCCCCC(C)(C)C(C(=O)OCC)C(=O)OCC. The summed E-state index contributed by atoms with van der Waals surface area (Å²) >= 11 is 0. The molecule has 0 saturated heterocycles. The summed E-state index contributed by atoms with van der Waals surface area (Å²) in [6, 6.07) is 0. The van der Waals surface area contributed by atoms with Gasteiger partial charge in [0.05, 0.1) is 25.7 Å². The summed E-state index contributed by atoms with van der Waals surface area (Å²) in [7, 11) is 0. The van der Waals surface area contributed by atoms with Crippen LogP contribution < -0.4 is 0 Å². The van der Waals surface area contributed by atoms with Crippen LogP contribution in [0.25, 0.3) is 0 Å². The molecule has 0 radical (unpaired) electrons. The molecule has 0 aromatic carbocycles. The molecule has 6 nitrogen and oxygen atoms in total. The fourth-order valence-electron chi connectivity index (χ4n) is 5.01. The topological polar surface area (TPSA) is 78.9 Å². The van der Waals surface area contributed by atoms with Crippen molar-refractivity contribution in [2.45, 2.75) is 126 Å². The lowest BCUT2D eigenvalue weighted by Gasteiger charge is -2.32. The van der Waals surface area contributed by atoms with Gasteiger partial charge < -0.3 is 14.2 Å². The molecule has 0 N–H and O–H groups in total. The van der Waals surface area contributed by atoms with Crippen molar-refractivity contribution in [1.29, 1.82) is 0 Å². The average molecular weight is 499 g/mol. The lowest BCUT2D eigenvalue weighted by Crippen LogP contribution is -2.39. The first kappa shape index (κ1) is 33.4. The number of rotatable bonds is 20. The quantitative estimate of drug-likeness (QED) is 0.0760. The number of carbonyl (C=O) groups is 3. The minimum absolute atomic E-state index is 0.0287. The van der Waals surface area contributed by atoms with Gasteiger partial charge in [-0.1, -0.05) is 86.0 Å². The second kappa shape index (κ2) is 17.8. The molecule has 0 aliphatic rings. The number of carbonyl (C=O) groups excluding carboxylic acids is 3. The third-order valence-corrected chi connectivity index (χ3v) is 7.14. The zero-order valence-corrected chi connectivity index (χ0v) is 24.0. The van der Waals surface area contributed by atoms with E-state index in [0.717, 1.165) is 44.9 Å². The van der Waals surface area contributed by atoms with E-state index in [9.17, 15) is 14.4 Å². The van der Waals surface area contributed by atoms with Gasteiger partial charge in [0.2, 0.25) is 0 Å². The summed E-state index contributed by atoms with van der Waals surface area (Å²) < 4.78 is 15.6. The van der Waals surface area contributed by atoms with Gasteiger partial charge in [0, 0.05) is 0 Å². The lowest BCUT2D eigenvalue weighted by atomic mass is 9.73. The fraction of sp³-hybridized carbons (Fsp3) is 0.897. The summed E-state index contributed by atoms with van der Waals surface area (Å²) in [6.45, 7) is 16.7. The largest absolute Gasteiger partial charge is 0.466 e. The van der Waals surface area contributed by atoms with Crippen LogP contribution in [-0.2, 0) is 28.6 Å². The first-order chi connectivity index (χ1) is 16.5. The molecular formula is C29H54O6. The number of unbranched alkanes of at least 4 members (excludes halogenated alkanes) is 7. The van der Waals surface area contributed by atoms with Crippen molar-refractivity contribution < 1.29 is 28.6 Å². The van der Waals surface area contributed by atoms with Crippen molar-refractivity contribution in [3.8, 4) is 0 Å². The van der Waals surface area contributed by atoms with Crippen LogP contribution in [0.1, 0.15) is 126 Å². The molecule has 0 fully saturated rings. The Labute approximate surface area is 215 Å². The predicted octanol–water partition coefficient (Wildman–Crippen LogP) is 7.27. The van der Waals surface area contributed by atoms with Crippen LogP contribution >= 0.6 is 0 Å². The molecule has 35 heavy (non-hydrogen) atoms. The minimum Gasteiger partial charge on any atom is -0.466 e. The maximum Gasteiger partial charge on any atom is 0.320 e. The van der Waals surface area contributed by atoms with Crippen LogP contribution in [0.2, 0.25) is 0 Å². The fourth-order valence-corrected chi connectivity index (χ4v) is 5.01. The Bertz CT molecular complexity index is 592. The van der Waals surface area contributed by atoms with Gasteiger partial charge in [-0.2, -0.15) is 0 Å². The highest BCUT2D eigenvalue weighted by atomic mass is 16.6. The van der Waals surface area contributed by atoms with E-state index in [4.69, 9.17) is 14.2 Å². The summed E-state index contributed by atoms with van der Waals surface area (Å²) in [4.78, 5) is 37.0. The molecule has 0 amide bonds. The zero-order chi connectivity index (χ0) is 26.9. The minimum atomic E-state index is -0.872. The monoisotopic (exact) mass is 498 g/mol. The highest BCUT2D eigenvalue weighted by molar-refractivity contribution is 5.95. The second-order valence-electron chi connectivity index (χ2n) is 11.0. The summed E-state index contributed by atoms with van der Waals surface area (Å²) in [5.41, 5.74) is -0.524. The third kappa shape index (κ3) is 12.8. The molecule has 1 atom stereocenters. The van der Waals surface area contributed by atoms with Crippen molar-refractivity contribution in [2.75, 3.05) is 19.8 Å². The van der Waals surface area contributed by atoms with Crippen molar-refractivity contribution in [3.63, 3.8) is 0 Å². The van der Waals surface area contributed by atoms with Crippen LogP contribution in [0.3, 0.4) is 0 Å². The Hall–Kier alpha value is -1.59. The van der Waals surface area contributed by atoms with E-state index in [2.05, 4.69) is 20.8 Å². The Morgan fingerprint density at radius 3 is 1.26 bits per heavy atom. The van der Waals surface area contributed by atoms with E-state index >= 15 is 0 Å². The molecule has 0 aliphatic heterocycles. The van der Waals surface area contributed by atoms with Gasteiger partial charge in [0.25, 0.3) is 0 Å². The van der Waals surface area contributed by atoms with E-state index in [1.54, 1.807) is 13.8 Å².